The van der Waals surface area contributed by atoms with E-state index in [1.54, 1.807) is 0 Å². The number of rotatable bonds is 2. The number of hydrogen-bond acceptors (Lipinski definition) is 1. The molecule has 0 saturated carbocycles. The minimum absolute atomic E-state index is 0.404. The Morgan fingerprint density at radius 1 is 0.651 bits per heavy atom. The van der Waals surface area contributed by atoms with Gasteiger partial charge < -0.3 is 13.6 Å². The van der Waals surface area contributed by atoms with Gasteiger partial charge in [0.25, 0.3) is 0 Å². The summed E-state index contributed by atoms with van der Waals surface area (Å²) in [4.78, 5) is 0. The van der Waals surface area contributed by atoms with Crippen molar-refractivity contribution >= 4 is 61.9 Å². The first kappa shape index (κ1) is 23.3. The molecular formula is C40H28N2O. The monoisotopic (exact) mass is 552 g/mol. The van der Waals surface area contributed by atoms with Gasteiger partial charge in [-0.25, -0.2) is 0 Å². The molecule has 3 heteroatoms. The number of fused-ring (bicyclic) bond motifs is 10. The molecule has 0 N–H and O–H groups in total. The fraction of sp³-hybridized carbons (Fsp3) is 0.100. The summed E-state index contributed by atoms with van der Waals surface area (Å²) in [5, 5.41) is 7.67. The van der Waals surface area contributed by atoms with Crippen molar-refractivity contribution in [2.24, 2.45) is 5.92 Å². The molecule has 204 valence electrons. The summed E-state index contributed by atoms with van der Waals surface area (Å²) in [6.07, 6.45) is 19.1. The van der Waals surface area contributed by atoms with Crippen LogP contribution < -0.4 is 10.6 Å². The summed E-state index contributed by atoms with van der Waals surface area (Å²) in [6.45, 7) is 0. The lowest BCUT2D eigenvalue weighted by Gasteiger charge is -2.20. The minimum Gasteiger partial charge on any atom is -0.460 e. The normalized spacial score (nSPS) is 17.1. The summed E-state index contributed by atoms with van der Waals surface area (Å²) in [7, 11) is 0. The lowest BCUT2D eigenvalue weighted by atomic mass is 9.84. The number of furan rings is 1. The van der Waals surface area contributed by atoms with Gasteiger partial charge in [0.15, 0.2) is 0 Å². The Morgan fingerprint density at radius 3 is 2.47 bits per heavy atom. The maximum absolute atomic E-state index is 6.61. The van der Waals surface area contributed by atoms with Crippen LogP contribution in [-0.2, 0) is 6.42 Å². The Bertz CT molecular complexity index is 2530. The average molecular weight is 553 g/mol. The molecule has 43 heavy (non-hydrogen) atoms. The fourth-order valence-corrected chi connectivity index (χ4v) is 7.70. The van der Waals surface area contributed by atoms with Gasteiger partial charge in [0, 0.05) is 67.5 Å². The maximum atomic E-state index is 6.61. The van der Waals surface area contributed by atoms with E-state index in [2.05, 4.69) is 137 Å². The van der Waals surface area contributed by atoms with Crippen molar-refractivity contribution in [2.75, 3.05) is 0 Å². The Labute approximate surface area is 248 Å². The van der Waals surface area contributed by atoms with Gasteiger partial charge in [-0.15, -0.1) is 0 Å². The van der Waals surface area contributed by atoms with Crippen LogP contribution in [0.1, 0.15) is 24.2 Å². The Balaban J connectivity index is 1.25. The van der Waals surface area contributed by atoms with E-state index in [0.29, 0.717) is 5.92 Å². The second kappa shape index (κ2) is 8.62. The second-order valence-electron chi connectivity index (χ2n) is 12.0. The summed E-state index contributed by atoms with van der Waals surface area (Å²) < 4.78 is 11.4. The fourth-order valence-electron chi connectivity index (χ4n) is 7.70. The molecule has 3 aromatic heterocycles. The Kier molecular flexibility index (Phi) is 4.67. The second-order valence-corrected chi connectivity index (χ2v) is 12.0. The third-order valence-corrected chi connectivity index (χ3v) is 9.64. The average Bonchev–Trinajstić information content (AvgIpc) is 3.69. The van der Waals surface area contributed by atoms with Crippen molar-refractivity contribution in [1.82, 2.24) is 9.13 Å². The molecule has 0 saturated heterocycles. The predicted molar refractivity (Wildman–Crippen MR) is 178 cm³/mol. The SMILES string of the molecule is C1=CC2=Cc3c(oc4cc5c(cc34)c3c(n5-c4ccc5c(c4)c4ccccc4n5-c4ccccc4)=CCCC=3)CC2C=C1. The molecule has 0 spiro atoms. The van der Waals surface area contributed by atoms with Crippen LogP contribution in [-0.4, -0.2) is 9.13 Å². The van der Waals surface area contributed by atoms with Gasteiger partial charge in [-0.2, -0.15) is 0 Å². The molecule has 3 aliphatic rings. The molecule has 1 unspecified atom stereocenters. The number of para-hydroxylation sites is 2. The van der Waals surface area contributed by atoms with E-state index >= 15 is 0 Å². The van der Waals surface area contributed by atoms with Gasteiger partial charge in [-0.3, -0.25) is 0 Å². The highest BCUT2D eigenvalue weighted by Crippen LogP contribution is 2.39. The van der Waals surface area contributed by atoms with Crippen LogP contribution in [0.25, 0.3) is 73.3 Å². The van der Waals surface area contributed by atoms with E-state index in [4.69, 9.17) is 4.42 Å². The molecule has 3 heterocycles. The quantitative estimate of drug-likeness (QED) is 0.211. The molecule has 1 atom stereocenters. The standard InChI is InChI=1S/C40H28N2O/c1-2-12-27(13-3-1)41-35-16-8-6-14-29(35)31-22-28(18-19-37(31)41)42-36-17-9-7-15-30(36)32-23-34-33-20-25-10-4-5-11-26(25)21-39(33)43-40(34)24-38(32)42/h1-6,8,10-20,22-24,26H,7,9,21H2. The Morgan fingerprint density at radius 2 is 1.51 bits per heavy atom. The molecule has 10 rings (SSSR count). The van der Waals surface area contributed by atoms with Crippen molar-refractivity contribution < 1.29 is 4.42 Å². The van der Waals surface area contributed by atoms with E-state index in [0.717, 1.165) is 30.6 Å². The number of hydrogen-bond donors (Lipinski definition) is 0. The van der Waals surface area contributed by atoms with Crippen LogP contribution >= 0.6 is 0 Å². The third kappa shape index (κ3) is 3.25. The molecule has 4 aromatic carbocycles. The highest BCUT2D eigenvalue weighted by Gasteiger charge is 2.25. The largest absolute Gasteiger partial charge is 0.460 e. The smallest absolute Gasteiger partial charge is 0.137 e. The zero-order valence-corrected chi connectivity index (χ0v) is 23.6. The topological polar surface area (TPSA) is 23.0 Å². The molecule has 0 amide bonds. The van der Waals surface area contributed by atoms with Crippen LogP contribution in [0.4, 0.5) is 0 Å². The molecule has 0 aliphatic heterocycles. The van der Waals surface area contributed by atoms with Crippen LogP contribution in [0.5, 0.6) is 0 Å². The van der Waals surface area contributed by atoms with E-state index in [-0.39, 0.29) is 0 Å². The van der Waals surface area contributed by atoms with Crippen molar-refractivity contribution in [3.8, 4) is 11.4 Å². The van der Waals surface area contributed by atoms with Gasteiger partial charge in [-0.1, -0.05) is 72.9 Å². The first-order valence-electron chi connectivity index (χ1n) is 15.3. The van der Waals surface area contributed by atoms with E-state index in [9.17, 15) is 0 Å². The summed E-state index contributed by atoms with van der Waals surface area (Å²) in [5.41, 5.74) is 9.60. The van der Waals surface area contributed by atoms with Gasteiger partial charge in [0.1, 0.15) is 11.3 Å². The summed E-state index contributed by atoms with van der Waals surface area (Å²) >= 11 is 0. The first-order chi connectivity index (χ1) is 21.3. The number of allylic oxidation sites excluding steroid dienone is 5. The zero-order valence-electron chi connectivity index (χ0n) is 23.6. The number of nitrogens with zero attached hydrogens (tertiary/aromatic N) is 2. The highest BCUT2D eigenvalue weighted by atomic mass is 16.3. The van der Waals surface area contributed by atoms with Gasteiger partial charge in [0.2, 0.25) is 0 Å². The molecule has 3 aliphatic carbocycles. The van der Waals surface area contributed by atoms with Crippen LogP contribution in [0.2, 0.25) is 0 Å². The zero-order chi connectivity index (χ0) is 28.1. The van der Waals surface area contributed by atoms with E-state index < -0.39 is 0 Å². The number of benzene rings is 4. The first-order valence-corrected chi connectivity index (χ1v) is 15.3. The molecule has 0 fully saturated rings. The van der Waals surface area contributed by atoms with Crippen molar-refractivity contribution in [3.63, 3.8) is 0 Å². The lowest BCUT2D eigenvalue weighted by molar-refractivity contribution is 0.521. The Hall–Kier alpha value is -5.28. The molecule has 0 radical (unpaired) electrons. The summed E-state index contributed by atoms with van der Waals surface area (Å²) in [6, 6.07) is 31.1. The van der Waals surface area contributed by atoms with Crippen LogP contribution in [0.3, 0.4) is 0 Å². The van der Waals surface area contributed by atoms with Gasteiger partial charge in [-0.05, 0) is 67.0 Å². The van der Waals surface area contributed by atoms with E-state index in [1.807, 2.05) is 0 Å². The lowest BCUT2D eigenvalue weighted by Crippen LogP contribution is -2.30. The van der Waals surface area contributed by atoms with Crippen molar-refractivity contribution in [3.05, 3.63) is 137 Å². The minimum atomic E-state index is 0.404. The maximum Gasteiger partial charge on any atom is 0.137 e. The molecule has 3 nitrogen and oxygen atoms in total. The van der Waals surface area contributed by atoms with Gasteiger partial charge in [0.05, 0.1) is 16.6 Å². The third-order valence-electron chi connectivity index (χ3n) is 9.64. The van der Waals surface area contributed by atoms with Crippen LogP contribution in [0.15, 0.2) is 119 Å². The highest BCUT2D eigenvalue weighted by molar-refractivity contribution is 6.10. The van der Waals surface area contributed by atoms with Crippen molar-refractivity contribution in [1.29, 1.82) is 0 Å². The van der Waals surface area contributed by atoms with Crippen LogP contribution in [0, 0.1) is 5.92 Å². The summed E-state index contributed by atoms with van der Waals surface area (Å²) in [5.74, 6) is 1.50. The molecule has 7 aromatic rings. The van der Waals surface area contributed by atoms with Crippen molar-refractivity contribution in [2.45, 2.75) is 19.3 Å². The molecular weight excluding hydrogens is 524 g/mol. The number of aromatic nitrogens is 2. The van der Waals surface area contributed by atoms with Gasteiger partial charge >= 0.3 is 0 Å². The van der Waals surface area contributed by atoms with E-state index in [1.165, 1.54) is 71.2 Å². The predicted octanol–water partition coefficient (Wildman–Crippen LogP) is 8.51. The molecule has 0 bridgehead atoms.